The molecule has 0 aromatic rings. The number of carbonyl (C=O) groups is 2. The lowest BCUT2D eigenvalue weighted by Gasteiger charge is -2.43. The molecule has 1 saturated carbocycles. The van der Waals surface area contributed by atoms with Crippen molar-refractivity contribution in [1.29, 1.82) is 0 Å². The standard InChI is InChI=1S/C17H30N2O2/c1-5-6-7-8-11-19-13(12-9-10-12)15(20)18-14(16(19)21)17(2,3)4/h12-14H,5-11H2,1-4H3,(H,18,20). The van der Waals surface area contributed by atoms with Gasteiger partial charge in [-0.15, -0.1) is 0 Å². The van der Waals surface area contributed by atoms with Crippen LogP contribution < -0.4 is 5.32 Å². The van der Waals surface area contributed by atoms with Gasteiger partial charge in [-0.3, -0.25) is 9.59 Å². The first-order valence-corrected chi connectivity index (χ1v) is 8.47. The first-order chi connectivity index (χ1) is 9.86. The topological polar surface area (TPSA) is 49.4 Å². The van der Waals surface area contributed by atoms with Crippen molar-refractivity contribution in [3.05, 3.63) is 0 Å². The van der Waals surface area contributed by atoms with E-state index < -0.39 is 0 Å². The number of piperazine rings is 1. The number of nitrogens with one attached hydrogen (secondary N) is 1. The van der Waals surface area contributed by atoms with E-state index in [4.69, 9.17) is 0 Å². The summed E-state index contributed by atoms with van der Waals surface area (Å²) in [5.74, 6) is 0.573. The highest BCUT2D eigenvalue weighted by Gasteiger charge is 2.50. The quantitative estimate of drug-likeness (QED) is 0.766. The second kappa shape index (κ2) is 6.37. The molecule has 1 heterocycles. The van der Waals surface area contributed by atoms with Gasteiger partial charge in [0.1, 0.15) is 12.1 Å². The highest BCUT2D eigenvalue weighted by molar-refractivity contribution is 5.97. The van der Waals surface area contributed by atoms with Crippen molar-refractivity contribution in [3.63, 3.8) is 0 Å². The number of hydrogen-bond acceptors (Lipinski definition) is 2. The minimum Gasteiger partial charge on any atom is -0.342 e. The van der Waals surface area contributed by atoms with Crippen LogP contribution in [0.4, 0.5) is 0 Å². The molecule has 4 nitrogen and oxygen atoms in total. The maximum atomic E-state index is 12.8. The normalized spacial score (nSPS) is 27.0. The van der Waals surface area contributed by atoms with Crippen molar-refractivity contribution < 1.29 is 9.59 Å². The average molecular weight is 294 g/mol. The summed E-state index contributed by atoms with van der Waals surface area (Å²) in [5, 5.41) is 2.98. The highest BCUT2D eigenvalue weighted by atomic mass is 16.2. The molecule has 0 bridgehead atoms. The lowest BCUT2D eigenvalue weighted by molar-refractivity contribution is -0.153. The maximum Gasteiger partial charge on any atom is 0.246 e. The van der Waals surface area contributed by atoms with Gasteiger partial charge in [0.15, 0.2) is 0 Å². The Bertz CT molecular complexity index is 396. The average Bonchev–Trinajstić information content (AvgIpc) is 3.21. The summed E-state index contributed by atoms with van der Waals surface area (Å²) in [6, 6.07) is -0.594. The summed E-state index contributed by atoms with van der Waals surface area (Å²) in [7, 11) is 0. The number of unbranched alkanes of at least 4 members (excludes halogenated alkanes) is 3. The second-order valence-electron chi connectivity index (χ2n) is 7.68. The van der Waals surface area contributed by atoms with Crippen LogP contribution >= 0.6 is 0 Å². The number of rotatable bonds is 6. The van der Waals surface area contributed by atoms with E-state index in [2.05, 4.69) is 12.2 Å². The third kappa shape index (κ3) is 3.78. The van der Waals surface area contributed by atoms with E-state index in [-0.39, 0.29) is 29.3 Å². The van der Waals surface area contributed by atoms with Crippen LogP contribution in [0.15, 0.2) is 0 Å². The Hall–Kier alpha value is -1.06. The summed E-state index contributed by atoms with van der Waals surface area (Å²) in [6.07, 6.45) is 6.69. The molecule has 1 aliphatic heterocycles. The van der Waals surface area contributed by atoms with Crippen molar-refractivity contribution >= 4 is 11.8 Å². The van der Waals surface area contributed by atoms with E-state index in [0.29, 0.717) is 5.92 Å². The maximum absolute atomic E-state index is 12.8. The fourth-order valence-corrected chi connectivity index (χ4v) is 3.16. The summed E-state index contributed by atoms with van der Waals surface area (Å²) < 4.78 is 0. The van der Waals surface area contributed by atoms with Gasteiger partial charge >= 0.3 is 0 Å². The molecular weight excluding hydrogens is 264 g/mol. The van der Waals surface area contributed by atoms with Gasteiger partial charge in [-0.25, -0.2) is 0 Å². The van der Waals surface area contributed by atoms with Crippen LogP contribution in [-0.4, -0.2) is 35.3 Å². The first kappa shape index (κ1) is 16.3. The minimum atomic E-state index is -0.383. The van der Waals surface area contributed by atoms with Crippen molar-refractivity contribution in [2.45, 2.75) is 78.3 Å². The van der Waals surface area contributed by atoms with Gasteiger partial charge in [0.25, 0.3) is 0 Å². The fourth-order valence-electron chi connectivity index (χ4n) is 3.16. The molecule has 0 aromatic carbocycles. The molecule has 2 amide bonds. The number of hydrogen-bond donors (Lipinski definition) is 1. The lowest BCUT2D eigenvalue weighted by atomic mass is 9.83. The Morgan fingerprint density at radius 1 is 1.14 bits per heavy atom. The van der Waals surface area contributed by atoms with Crippen molar-refractivity contribution in [2.24, 2.45) is 11.3 Å². The van der Waals surface area contributed by atoms with Crippen LogP contribution in [0.3, 0.4) is 0 Å². The number of carbonyl (C=O) groups excluding carboxylic acids is 2. The minimum absolute atomic E-state index is 0.0625. The van der Waals surface area contributed by atoms with Crippen molar-refractivity contribution in [2.75, 3.05) is 6.54 Å². The predicted molar refractivity (Wildman–Crippen MR) is 83.8 cm³/mol. The molecule has 2 rings (SSSR count). The van der Waals surface area contributed by atoms with Crippen LogP contribution in [-0.2, 0) is 9.59 Å². The number of amides is 2. The molecule has 4 heteroatoms. The molecule has 0 aromatic heterocycles. The van der Waals surface area contributed by atoms with E-state index in [1.807, 2.05) is 25.7 Å². The van der Waals surface area contributed by atoms with Gasteiger partial charge < -0.3 is 10.2 Å². The van der Waals surface area contributed by atoms with Gasteiger partial charge in [0.05, 0.1) is 0 Å². The molecule has 120 valence electrons. The van der Waals surface area contributed by atoms with Gasteiger partial charge in [0.2, 0.25) is 11.8 Å². The van der Waals surface area contributed by atoms with E-state index in [1.165, 1.54) is 12.8 Å². The second-order valence-corrected chi connectivity index (χ2v) is 7.68. The monoisotopic (exact) mass is 294 g/mol. The van der Waals surface area contributed by atoms with Gasteiger partial charge in [-0.05, 0) is 30.6 Å². The van der Waals surface area contributed by atoms with E-state index >= 15 is 0 Å². The fraction of sp³-hybridized carbons (Fsp3) is 0.882. The first-order valence-electron chi connectivity index (χ1n) is 8.47. The highest BCUT2D eigenvalue weighted by Crippen LogP contribution is 2.38. The van der Waals surface area contributed by atoms with Crippen molar-refractivity contribution in [3.8, 4) is 0 Å². The molecule has 2 unspecified atom stereocenters. The molecule has 1 N–H and O–H groups in total. The third-order valence-corrected chi connectivity index (χ3v) is 4.61. The molecule has 21 heavy (non-hydrogen) atoms. The van der Waals surface area contributed by atoms with Gasteiger partial charge in [-0.1, -0.05) is 47.0 Å². The molecule has 2 fully saturated rings. The zero-order chi connectivity index (χ0) is 15.6. The molecule has 1 saturated heterocycles. The number of nitrogens with zero attached hydrogens (tertiary/aromatic N) is 1. The van der Waals surface area contributed by atoms with E-state index in [1.54, 1.807) is 0 Å². The lowest BCUT2D eigenvalue weighted by Crippen LogP contribution is -2.67. The third-order valence-electron chi connectivity index (χ3n) is 4.61. The van der Waals surface area contributed by atoms with E-state index in [9.17, 15) is 9.59 Å². The molecule has 2 aliphatic rings. The van der Waals surface area contributed by atoms with Crippen LogP contribution in [0, 0.1) is 11.3 Å². The van der Waals surface area contributed by atoms with Gasteiger partial charge in [-0.2, -0.15) is 0 Å². The molecule has 0 spiro atoms. The Kier molecular flexibility index (Phi) is 4.95. The SMILES string of the molecule is CCCCCCN1C(=O)C(C(C)(C)C)NC(=O)C1C1CC1. The summed E-state index contributed by atoms with van der Waals surface area (Å²) >= 11 is 0. The van der Waals surface area contributed by atoms with Crippen LogP contribution in [0.25, 0.3) is 0 Å². The Morgan fingerprint density at radius 3 is 2.33 bits per heavy atom. The zero-order valence-corrected chi connectivity index (χ0v) is 13.9. The largest absolute Gasteiger partial charge is 0.342 e. The Labute approximate surface area is 128 Å². The molecular formula is C17H30N2O2. The molecule has 2 atom stereocenters. The van der Waals surface area contributed by atoms with Crippen LogP contribution in [0.1, 0.15) is 66.2 Å². The predicted octanol–water partition coefficient (Wildman–Crippen LogP) is 2.72. The Morgan fingerprint density at radius 2 is 1.81 bits per heavy atom. The smallest absolute Gasteiger partial charge is 0.246 e. The summed E-state index contributed by atoms with van der Waals surface area (Å²) in [5.41, 5.74) is -0.233. The van der Waals surface area contributed by atoms with Crippen molar-refractivity contribution in [1.82, 2.24) is 10.2 Å². The molecule has 1 aliphatic carbocycles. The molecule has 0 radical (unpaired) electrons. The Balaban J connectivity index is 2.09. The summed E-state index contributed by atoms with van der Waals surface area (Å²) in [6.45, 7) is 8.97. The van der Waals surface area contributed by atoms with E-state index in [0.717, 1.165) is 32.2 Å². The van der Waals surface area contributed by atoms with Gasteiger partial charge in [0, 0.05) is 6.54 Å². The summed E-state index contributed by atoms with van der Waals surface area (Å²) in [4.78, 5) is 27.2. The zero-order valence-electron chi connectivity index (χ0n) is 13.9. The van der Waals surface area contributed by atoms with Crippen LogP contribution in [0.5, 0.6) is 0 Å². The van der Waals surface area contributed by atoms with Crippen LogP contribution in [0.2, 0.25) is 0 Å².